The number of hydrogen-bond acceptors (Lipinski definition) is 1. The molecule has 0 atom stereocenters. The van der Waals surface area contributed by atoms with Crippen molar-refractivity contribution in [1.82, 2.24) is 0 Å². The van der Waals surface area contributed by atoms with E-state index >= 15 is 0 Å². The predicted octanol–water partition coefficient (Wildman–Crippen LogP) is -17.6. The molecule has 0 saturated carbocycles. The summed E-state index contributed by atoms with van der Waals surface area (Å²) in [4.78, 5) is 0. The molecule has 1 heterocycles. The molecule has 60 heavy (non-hydrogen) atoms. The second kappa shape index (κ2) is 14.3. The van der Waals surface area contributed by atoms with Crippen LogP contribution in [0.25, 0.3) is 87.6 Å². The Hall–Kier alpha value is -4.56. The van der Waals surface area contributed by atoms with E-state index in [0.717, 1.165) is 11.2 Å². The first-order chi connectivity index (χ1) is 28.4. The highest BCUT2D eigenvalue weighted by Crippen LogP contribution is 2.41. The van der Waals surface area contributed by atoms with Crippen molar-refractivity contribution in [3.05, 3.63) is 54.6 Å². The Kier molecular flexibility index (Phi) is 9.70. The highest BCUT2D eigenvalue weighted by atomic mass is 16.3. The molecule has 9 aromatic rings. The highest BCUT2D eigenvalue weighted by Gasteiger charge is 2.29. The average molecular weight is 748 g/mol. The zero-order valence-electron chi connectivity index (χ0n) is 39.1. The van der Waals surface area contributed by atoms with Crippen LogP contribution in [0.5, 0.6) is 0 Å². The Labute approximate surface area is 370 Å². The summed E-state index contributed by atoms with van der Waals surface area (Å²) in [5.74, 6) is 0. The summed E-state index contributed by atoms with van der Waals surface area (Å²) >= 11 is 0. The van der Waals surface area contributed by atoms with Gasteiger partial charge in [-0.2, -0.15) is 0 Å². The van der Waals surface area contributed by atoms with E-state index in [1.807, 2.05) is 0 Å². The lowest BCUT2D eigenvalue weighted by Gasteiger charge is -2.30. The first kappa shape index (κ1) is 40.8. The van der Waals surface area contributed by atoms with Crippen LogP contribution in [0.2, 0.25) is 0 Å². The zero-order chi connectivity index (χ0) is 43.1. The quantitative estimate of drug-likeness (QED) is 0.130. The lowest BCUT2D eigenvalue weighted by atomic mass is 9.58. The molecule has 8 aromatic carbocycles. The fourth-order valence-electron chi connectivity index (χ4n) is 11.3. The molecule has 0 aliphatic rings. The molecular formula is C42H43B17O. The van der Waals surface area contributed by atoms with E-state index in [1.54, 1.807) is 0 Å². The molecule has 0 fully saturated rings. The molecule has 268 valence electrons. The van der Waals surface area contributed by atoms with Gasteiger partial charge in [-0.05, 0) is 66.4 Å². The lowest BCUT2D eigenvalue weighted by Crippen LogP contribution is -2.50. The van der Waals surface area contributed by atoms with Gasteiger partial charge in [-0.1, -0.05) is 109 Å². The zero-order valence-corrected chi connectivity index (χ0v) is 39.1. The minimum atomic E-state index is 1.02. The third kappa shape index (κ3) is 5.37. The van der Waals surface area contributed by atoms with Gasteiger partial charge in [0.15, 0.2) is 0 Å². The van der Waals surface area contributed by atoms with Crippen LogP contribution >= 0.6 is 0 Å². The number of benzene rings is 8. The van der Waals surface area contributed by atoms with Crippen molar-refractivity contribution < 1.29 is 4.42 Å². The first-order valence-electron chi connectivity index (χ1n) is 21.9. The molecule has 0 radical (unpaired) electrons. The van der Waals surface area contributed by atoms with Crippen LogP contribution < -0.4 is 92.9 Å². The average Bonchev–Trinajstić information content (AvgIpc) is 3.66. The second-order valence-corrected chi connectivity index (χ2v) is 18.5. The first-order valence-corrected chi connectivity index (χ1v) is 21.9. The van der Waals surface area contributed by atoms with Crippen LogP contribution in [-0.4, -0.2) is 133 Å². The van der Waals surface area contributed by atoms with Crippen LogP contribution in [0, 0.1) is 0 Å². The van der Waals surface area contributed by atoms with Gasteiger partial charge in [0.2, 0.25) is 0 Å². The Morgan fingerprint density at radius 3 is 1.12 bits per heavy atom. The molecule has 18 heteroatoms. The summed E-state index contributed by atoms with van der Waals surface area (Å²) < 4.78 is 7.27. The van der Waals surface area contributed by atoms with E-state index in [-0.39, 0.29) is 0 Å². The number of furan rings is 1. The third-order valence-electron chi connectivity index (χ3n) is 16.0. The number of fused-ring (bicyclic) bond motifs is 7. The van der Waals surface area contributed by atoms with E-state index in [4.69, 9.17) is 4.42 Å². The predicted molar refractivity (Wildman–Crippen MR) is 322 cm³/mol. The highest BCUT2D eigenvalue weighted by molar-refractivity contribution is 6.74. The summed E-state index contributed by atoms with van der Waals surface area (Å²) in [5, 5.41) is 10.7. The maximum absolute atomic E-state index is 7.27. The maximum atomic E-state index is 7.27. The molecule has 0 spiro atoms. The maximum Gasteiger partial charge on any atom is 0.143 e. The third-order valence-corrected chi connectivity index (χ3v) is 16.0. The summed E-state index contributed by atoms with van der Waals surface area (Å²) in [5.41, 5.74) is 32.8. The molecule has 0 amide bonds. The molecule has 1 nitrogen and oxygen atoms in total. The summed E-state index contributed by atoms with van der Waals surface area (Å²) in [7, 11) is 39.7. The Morgan fingerprint density at radius 2 is 0.600 bits per heavy atom. The molecule has 0 bridgehead atoms. The molecule has 1 aromatic heterocycles. The van der Waals surface area contributed by atoms with Crippen molar-refractivity contribution in [3.8, 4) is 33.4 Å². The number of hydrogen-bond donors (Lipinski definition) is 0. The smallest absolute Gasteiger partial charge is 0.143 e. The van der Waals surface area contributed by atoms with Gasteiger partial charge in [0.1, 0.15) is 145 Å². The van der Waals surface area contributed by atoms with Gasteiger partial charge in [-0.25, -0.2) is 0 Å². The van der Waals surface area contributed by atoms with Crippen LogP contribution in [-0.2, 0) is 0 Å². The normalized spacial score (nSPS) is 11.8. The summed E-state index contributed by atoms with van der Waals surface area (Å²) in [6, 6.07) is 20.1. The van der Waals surface area contributed by atoms with E-state index in [1.165, 1.54) is 169 Å². The minimum Gasteiger partial charge on any atom is -0.456 e. The molecule has 0 N–H and O–H groups in total. The minimum absolute atomic E-state index is 1.02. The summed E-state index contributed by atoms with van der Waals surface area (Å²) in [6.07, 6.45) is 0. The van der Waals surface area contributed by atoms with E-state index in [0.29, 0.717) is 0 Å². The number of rotatable bonds is 3. The Morgan fingerprint density at radius 1 is 0.233 bits per heavy atom. The molecule has 9 rings (SSSR count). The molecule has 0 aliphatic carbocycles. The van der Waals surface area contributed by atoms with Gasteiger partial charge in [0.25, 0.3) is 0 Å². The van der Waals surface area contributed by atoms with Crippen molar-refractivity contribution in [2.24, 2.45) is 0 Å². The Balaban J connectivity index is 1.56. The van der Waals surface area contributed by atoms with Gasteiger partial charge >= 0.3 is 0 Å². The molecule has 0 aliphatic heterocycles. The van der Waals surface area contributed by atoms with Gasteiger partial charge in [-0.3, -0.25) is 0 Å². The van der Waals surface area contributed by atoms with E-state index < -0.39 is 0 Å². The van der Waals surface area contributed by atoms with Gasteiger partial charge in [-0.15, -0.1) is 32.8 Å². The topological polar surface area (TPSA) is 13.1 Å². The van der Waals surface area contributed by atoms with E-state index in [2.05, 4.69) is 188 Å². The summed E-state index contributed by atoms with van der Waals surface area (Å²) in [6.45, 7) is 0. The fourth-order valence-corrected chi connectivity index (χ4v) is 11.3. The standard InChI is InChI=1S/C42H43B17O/c43-24-19(31(50)40(59)42-22(24)23-32(51)29(48)20-21(41(23)60-42)33(52)39(58)38(57)30(20)49)14-17-15(25(44)34(53)36(55)27(17)46)13(16-18(14)28(47)37(56)35(54)26(16)45)12-8-4-7-11(9-12)10-5-2-1-3-6-10/h1-9H,43-59H2. The van der Waals surface area contributed by atoms with Crippen molar-refractivity contribution >= 4 is 281 Å². The van der Waals surface area contributed by atoms with Gasteiger partial charge in [0, 0.05) is 16.2 Å². The van der Waals surface area contributed by atoms with Gasteiger partial charge < -0.3 is 4.42 Å². The monoisotopic (exact) mass is 750 g/mol. The van der Waals surface area contributed by atoms with E-state index in [9.17, 15) is 0 Å². The van der Waals surface area contributed by atoms with Crippen molar-refractivity contribution in [3.63, 3.8) is 0 Å². The van der Waals surface area contributed by atoms with Gasteiger partial charge in [0.05, 0.1) is 0 Å². The van der Waals surface area contributed by atoms with Crippen LogP contribution in [0.4, 0.5) is 0 Å². The van der Waals surface area contributed by atoms with Crippen LogP contribution in [0.1, 0.15) is 0 Å². The van der Waals surface area contributed by atoms with Crippen molar-refractivity contribution in [1.29, 1.82) is 0 Å². The largest absolute Gasteiger partial charge is 0.456 e. The van der Waals surface area contributed by atoms with Crippen molar-refractivity contribution in [2.45, 2.75) is 0 Å². The molecule has 0 saturated heterocycles. The van der Waals surface area contributed by atoms with Crippen LogP contribution in [0.15, 0.2) is 59.0 Å². The SMILES string of the molecule is Bc1c(-c2c3c(B)c(B)c(B)c(B)c3c(-c3cccc(-c4ccccc4)c3)c3c(B)c(B)c(B)c(B)c23)c(B)c2c(oc3c4c(B)c(B)c(B)c(B)c4c(B)c(B)c32)c1B. The second-order valence-electron chi connectivity index (χ2n) is 18.5. The van der Waals surface area contributed by atoms with Crippen LogP contribution in [0.3, 0.4) is 0 Å². The van der Waals surface area contributed by atoms with Crippen molar-refractivity contribution in [2.75, 3.05) is 0 Å². The Bertz CT molecular complexity index is 3370. The molecular weight excluding hydrogens is 704 g/mol. The fraction of sp³-hybridized carbons (Fsp3) is 0. The lowest BCUT2D eigenvalue weighted by molar-refractivity contribution is 0.676. The molecule has 0 unspecified atom stereocenters.